The van der Waals surface area contributed by atoms with Crippen LogP contribution in [0.1, 0.15) is 35.8 Å². The molecular formula is C12H14FO. The fourth-order valence-electron chi connectivity index (χ4n) is 1.81. The van der Waals surface area contributed by atoms with Crippen LogP contribution in [-0.4, -0.2) is 11.7 Å². The lowest BCUT2D eigenvalue weighted by Gasteiger charge is -2.14. The second kappa shape index (κ2) is 3.70. The number of hydrogen-bond donors (Lipinski definition) is 1. The minimum absolute atomic E-state index is 0.0246. The Hall–Kier alpha value is -0.890. The molecule has 0 bridgehead atoms. The van der Waals surface area contributed by atoms with Crippen molar-refractivity contribution in [2.75, 3.05) is 6.61 Å². The van der Waals surface area contributed by atoms with E-state index in [1.165, 1.54) is 6.07 Å². The van der Waals surface area contributed by atoms with Gasteiger partial charge in [0.15, 0.2) is 0 Å². The van der Waals surface area contributed by atoms with E-state index in [-0.39, 0.29) is 18.3 Å². The van der Waals surface area contributed by atoms with Crippen LogP contribution in [0.15, 0.2) is 18.2 Å². The van der Waals surface area contributed by atoms with Crippen molar-refractivity contribution >= 4 is 0 Å². The van der Waals surface area contributed by atoms with Crippen molar-refractivity contribution < 1.29 is 9.50 Å². The maximum atomic E-state index is 13.5. The minimum atomic E-state index is -0.207. The number of hydrogen-bond acceptors (Lipinski definition) is 1. The van der Waals surface area contributed by atoms with E-state index in [4.69, 9.17) is 5.11 Å². The fraction of sp³-hybridized carbons (Fsp3) is 0.417. The van der Waals surface area contributed by atoms with Gasteiger partial charge in [-0.05, 0) is 42.9 Å². The van der Waals surface area contributed by atoms with Gasteiger partial charge in [-0.25, -0.2) is 4.39 Å². The molecule has 14 heavy (non-hydrogen) atoms. The van der Waals surface area contributed by atoms with Crippen molar-refractivity contribution in [3.05, 3.63) is 42.1 Å². The number of rotatable bonds is 3. The number of aliphatic hydroxyl groups excluding tert-OH is 1. The van der Waals surface area contributed by atoms with Crippen molar-refractivity contribution in [2.24, 2.45) is 0 Å². The first-order valence-corrected chi connectivity index (χ1v) is 4.96. The molecule has 0 saturated heterocycles. The van der Waals surface area contributed by atoms with Gasteiger partial charge in [-0.2, -0.15) is 0 Å². The molecule has 2 heteroatoms. The summed E-state index contributed by atoms with van der Waals surface area (Å²) in [6.07, 6.45) is 2.12. The summed E-state index contributed by atoms with van der Waals surface area (Å²) in [6, 6.07) is 5.04. The number of halogens is 1. The van der Waals surface area contributed by atoms with E-state index in [2.05, 4.69) is 6.92 Å². The Labute approximate surface area is 83.6 Å². The monoisotopic (exact) mass is 193 g/mol. The SMILES string of the molecule is [CH2]C(CO)c1cccc(F)c1C1CC1. The molecule has 1 fully saturated rings. The largest absolute Gasteiger partial charge is 0.396 e. The lowest BCUT2D eigenvalue weighted by Crippen LogP contribution is -2.04. The summed E-state index contributed by atoms with van der Waals surface area (Å²) in [7, 11) is 0. The van der Waals surface area contributed by atoms with E-state index in [1.807, 2.05) is 6.07 Å². The lowest BCUT2D eigenvalue weighted by molar-refractivity contribution is 0.282. The molecule has 1 N–H and O–H groups in total. The van der Waals surface area contributed by atoms with Gasteiger partial charge in [-0.1, -0.05) is 12.1 Å². The van der Waals surface area contributed by atoms with E-state index >= 15 is 0 Å². The zero-order chi connectivity index (χ0) is 10.1. The quantitative estimate of drug-likeness (QED) is 0.782. The second-order valence-electron chi connectivity index (χ2n) is 3.90. The molecule has 1 unspecified atom stereocenters. The molecule has 0 spiro atoms. The minimum Gasteiger partial charge on any atom is -0.396 e. The molecule has 1 radical (unpaired) electrons. The molecule has 0 aromatic heterocycles. The summed E-state index contributed by atoms with van der Waals surface area (Å²) in [6.45, 7) is 3.80. The van der Waals surface area contributed by atoms with Crippen molar-refractivity contribution in [3.63, 3.8) is 0 Å². The van der Waals surface area contributed by atoms with Crippen molar-refractivity contribution in [1.82, 2.24) is 0 Å². The van der Waals surface area contributed by atoms with Gasteiger partial charge in [0, 0.05) is 12.5 Å². The highest BCUT2D eigenvalue weighted by molar-refractivity contribution is 5.37. The van der Waals surface area contributed by atoms with Crippen molar-refractivity contribution in [1.29, 1.82) is 0 Å². The first-order valence-electron chi connectivity index (χ1n) is 4.96. The average Bonchev–Trinajstić information content (AvgIpc) is 3.00. The zero-order valence-electron chi connectivity index (χ0n) is 8.04. The third-order valence-electron chi connectivity index (χ3n) is 2.73. The van der Waals surface area contributed by atoms with Gasteiger partial charge in [0.25, 0.3) is 0 Å². The molecule has 1 atom stereocenters. The standard InChI is InChI=1S/C12H14FO/c1-8(7-14)10-3-2-4-11(13)12(10)9-5-6-9/h2-4,8-9,14H,1,5-7H2. The Morgan fingerprint density at radius 1 is 1.50 bits per heavy atom. The molecule has 2 rings (SSSR count). The topological polar surface area (TPSA) is 20.2 Å². The zero-order valence-corrected chi connectivity index (χ0v) is 8.04. The highest BCUT2D eigenvalue weighted by atomic mass is 19.1. The third-order valence-corrected chi connectivity index (χ3v) is 2.73. The molecule has 1 aromatic carbocycles. The van der Waals surface area contributed by atoms with Crippen LogP contribution >= 0.6 is 0 Å². The van der Waals surface area contributed by atoms with E-state index in [0.29, 0.717) is 5.92 Å². The van der Waals surface area contributed by atoms with Crippen LogP contribution in [-0.2, 0) is 0 Å². The van der Waals surface area contributed by atoms with E-state index in [9.17, 15) is 4.39 Å². The average molecular weight is 193 g/mol. The van der Waals surface area contributed by atoms with Crippen LogP contribution in [0, 0.1) is 12.7 Å². The first kappa shape index (κ1) is 9.66. The van der Waals surface area contributed by atoms with Crippen LogP contribution in [0.25, 0.3) is 0 Å². The second-order valence-corrected chi connectivity index (χ2v) is 3.90. The molecule has 0 amide bonds. The van der Waals surface area contributed by atoms with E-state index < -0.39 is 0 Å². The summed E-state index contributed by atoms with van der Waals surface area (Å²) < 4.78 is 13.5. The number of benzene rings is 1. The Balaban J connectivity index is 2.41. The summed E-state index contributed by atoms with van der Waals surface area (Å²) >= 11 is 0. The van der Waals surface area contributed by atoms with Gasteiger partial charge in [-0.15, -0.1) is 0 Å². The van der Waals surface area contributed by atoms with E-state index in [1.54, 1.807) is 6.07 Å². The smallest absolute Gasteiger partial charge is 0.126 e. The Kier molecular flexibility index (Phi) is 2.55. The molecular weight excluding hydrogens is 179 g/mol. The maximum absolute atomic E-state index is 13.5. The summed E-state index contributed by atoms with van der Waals surface area (Å²) in [5, 5.41) is 9.02. The van der Waals surface area contributed by atoms with Crippen LogP contribution in [0.5, 0.6) is 0 Å². The maximum Gasteiger partial charge on any atom is 0.126 e. The summed E-state index contributed by atoms with van der Waals surface area (Å²) in [5.41, 5.74) is 1.65. The van der Waals surface area contributed by atoms with Crippen LogP contribution < -0.4 is 0 Å². The highest BCUT2D eigenvalue weighted by Gasteiger charge is 2.29. The van der Waals surface area contributed by atoms with E-state index in [0.717, 1.165) is 24.0 Å². The molecule has 1 aromatic rings. The predicted molar refractivity (Wildman–Crippen MR) is 53.6 cm³/mol. The molecule has 1 aliphatic rings. The van der Waals surface area contributed by atoms with Gasteiger partial charge < -0.3 is 5.11 Å². The molecule has 1 aliphatic carbocycles. The van der Waals surface area contributed by atoms with Gasteiger partial charge in [0.1, 0.15) is 5.82 Å². The molecule has 1 saturated carbocycles. The first-order chi connectivity index (χ1) is 6.74. The Morgan fingerprint density at radius 2 is 2.21 bits per heavy atom. The van der Waals surface area contributed by atoms with Crippen LogP contribution in [0.3, 0.4) is 0 Å². The third kappa shape index (κ3) is 1.67. The molecule has 1 nitrogen and oxygen atoms in total. The molecule has 0 aliphatic heterocycles. The Morgan fingerprint density at radius 3 is 2.79 bits per heavy atom. The van der Waals surface area contributed by atoms with Crippen LogP contribution in [0.4, 0.5) is 4.39 Å². The summed E-state index contributed by atoms with van der Waals surface area (Å²) in [5.74, 6) is 0.00963. The predicted octanol–water partition coefficient (Wildman–Crippen LogP) is 2.61. The van der Waals surface area contributed by atoms with Gasteiger partial charge in [0.2, 0.25) is 0 Å². The van der Waals surface area contributed by atoms with Gasteiger partial charge >= 0.3 is 0 Å². The highest BCUT2D eigenvalue weighted by Crippen LogP contribution is 2.44. The van der Waals surface area contributed by atoms with Crippen molar-refractivity contribution in [2.45, 2.75) is 24.7 Å². The molecule has 75 valence electrons. The number of aliphatic hydroxyl groups is 1. The molecule has 0 heterocycles. The Bertz CT molecular complexity index is 331. The van der Waals surface area contributed by atoms with Gasteiger partial charge in [0.05, 0.1) is 0 Å². The normalized spacial score (nSPS) is 18.2. The van der Waals surface area contributed by atoms with Gasteiger partial charge in [-0.3, -0.25) is 0 Å². The fourth-order valence-corrected chi connectivity index (χ4v) is 1.81. The van der Waals surface area contributed by atoms with Crippen molar-refractivity contribution in [3.8, 4) is 0 Å². The lowest BCUT2D eigenvalue weighted by atomic mass is 9.93. The summed E-state index contributed by atoms with van der Waals surface area (Å²) in [4.78, 5) is 0. The van der Waals surface area contributed by atoms with Crippen LogP contribution in [0.2, 0.25) is 0 Å².